The van der Waals surface area contributed by atoms with Crippen molar-refractivity contribution in [3.63, 3.8) is 0 Å². The molecule has 0 heterocycles. The lowest BCUT2D eigenvalue weighted by Gasteiger charge is -2.13. The van der Waals surface area contributed by atoms with E-state index in [9.17, 15) is 0 Å². The Morgan fingerprint density at radius 2 is 2.07 bits per heavy atom. The zero-order valence-corrected chi connectivity index (χ0v) is 8.57. The molecule has 1 aliphatic rings. The van der Waals surface area contributed by atoms with Crippen molar-refractivity contribution in [2.24, 2.45) is 5.73 Å². The van der Waals surface area contributed by atoms with Gasteiger partial charge in [0.1, 0.15) is 5.75 Å². The highest BCUT2D eigenvalue weighted by Gasteiger charge is 2.24. The number of methoxy groups -OCH3 is 1. The van der Waals surface area contributed by atoms with Gasteiger partial charge >= 0.3 is 0 Å². The standard InChI is InChI=1S/C12H17NO/c1-14-12-5-3-2-4-11(12)9-6-7-10(13)8-9/h2-5,9-10H,6-8,13H2,1H3/t9-,10+/m1/s1. The smallest absolute Gasteiger partial charge is 0.122 e. The van der Waals surface area contributed by atoms with Crippen LogP contribution in [0, 0.1) is 0 Å². The van der Waals surface area contributed by atoms with E-state index < -0.39 is 0 Å². The number of ether oxygens (including phenoxy) is 1. The molecule has 0 radical (unpaired) electrons. The van der Waals surface area contributed by atoms with Gasteiger partial charge in [-0.15, -0.1) is 0 Å². The number of nitrogens with two attached hydrogens (primary N) is 1. The van der Waals surface area contributed by atoms with Crippen LogP contribution in [0.3, 0.4) is 0 Å². The Morgan fingerprint density at radius 1 is 1.29 bits per heavy atom. The maximum Gasteiger partial charge on any atom is 0.122 e. The monoisotopic (exact) mass is 191 g/mol. The van der Waals surface area contributed by atoms with Crippen molar-refractivity contribution in [2.45, 2.75) is 31.2 Å². The van der Waals surface area contributed by atoms with Crippen LogP contribution in [0.1, 0.15) is 30.7 Å². The number of rotatable bonds is 2. The fraction of sp³-hybridized carbons (Fsp3) is 0.500. The molecule has 2 heteroatoms. The quantitative estimate of drug-likeness (QED) is 0.778. The van der Waals surface area contributed by atoms with E-state index in [0.717, 1.165) is 18.6 Å². The van der Waals surface area contributed by atoms with E-state index in [0.29, 0.717) is 12.0 Å². The van der Waals surface area contributed by atoms with Gasteiger partial charge in [0.25, 0.3) is 0 Å². The highest BCUT2D eigenvalue weighted by atomic mass is 16.5. The fourth-order valence-electron chi connectivity index (χ4n) is 2.30. The van der Waals surface area contributed by atoms with E-state index in [2.05, 4.69) is 12.1 Å². The number of benzene rings is 1. The summed E-state index contributed by atoms with van der Waals surface area (Å²) in [5.74, 6) is 1.60. The first-order valence-corrected chi connectivity index (χ1v) is 5.19. The van der Waals surface area contributed by atoms with E-state index in [-0.39, 0.29) is 0 Å². The van der Waals surface area contributed by atoms with E-state index in [1.54, 1.807) is 7.11 Å². The lowest BCUT2D eigenvalue weighted by atomic mass is 9.96. The van der Waals surface area contributed by atoms with Gasteiger partial charge in [0, 0.05) is 6.04 Å². The molecule has 2 atom stereocenters. The van der Waals surface area contributed by atoms with Crippen LogP contribution in [-0.2, 0) is 0 Å². The summed E-state index contributed by atoms with van der Waals surface area (Å²) in [7, 11) is 1.73. The van der Waals surface area contributed by atoms with Crippen molar-refractivity contribution in [2.75, 3.05) is 7.11 Å². The van der Waals surface area contributed by atoms with Gasteiger partial charge in [-0.3, -0.25) is 0 Å². The highest BCUT2D eigenvalue weighted by Crippen LogP contribution is 2.37. The molecular weight excluding hydrogens is 174 g/mol. The van der Waals surface area contributed by atoms with Gasteiger partial charge in [-0.25, -0.2) is 0 Å². The molecule has 1 aromatic rings. The van der Waals surface area contributed by atoms with E-state index in [1.807, 2.05) is 12.1 Å². The normalized spacial score (nSPS) is 26.4. The van der Waals surface area contributed by atoms with Gasteiger partial charge in [-0.2, -0.15) is 0 Å². The van der Waals surface area contributed by atoms with Crippen LogP contribution in [0.2, 0.25) is 0 Å². The second-order valence-electron chi connectivity index (χ2n) is 4.01. The largest absolute Gasteiger partial charge is 0.496 e. The van der Waals surface area contributed by atoms with Crippen LogP contribution in [0.15, 0.2) is 24.3 Å². The third-order valence-electron chi connectivity index (χ3n) is 3.05. The molecule has 0 unspecified atom stereocenters. The molecule has 0 aliphatic heterocycles. The number of para-hydroxylation sites is 1. The molecule has 14 heavy (non-hydrogen) atoms. The molecule has 2 N–H and O–H groups in total. The van der Waals surface area contributed by atoms with Crippen molar-refractivity contribution in [1.82, 2.24) is 0 Å². The summed E-state index contributed by atoms with van der Waals surface area (Å²) in [6.45, 7) is 0. The number of hydrogen-bond acceptors (Lipinski definition) is 2. The first kappa shape index (κ1) is 9.53. The Morgan fingerprint density at radius 3 is 2.71 bits per heavy atom. The average molecular weight is 191 g/mol. The molecule has 0 saturated heterocycles. The van der Waals surface area contributed by atoms with Gasteiger partial charge in [-0.1, -0.05) is 18.2 Å². The number of hydrogen-bond donors (Lipinski definition) is 1. The van der Waals surface area contributed by atoms with E-state index >= 15 is 0 Å². The fourth-order valence-corrected chi connectivity index (χ4v) is 2.30. The minimum atomic E-state index is 0.380. The van der Waals surface area contributed by atoms with Crippen LogP contribution in [0.25, 0.3) is 0 Å². The van der Waals surface area contributed by atoms with E-state index in [4.69, 9.17) is 10.5 Å². The Hall–Kier alpha value is -1.02. The molecule has 1 saturated carbocycles. The first-order chi connectivity index (χ1) is 6.81. The SMILES string of the molecule is COc1ccccc1[C@@H]1CC[C@H](N)C1. The lowest BCUT2D eigenvalue weighted by molar-refractivity contribution is 0.405. The Kier molecular flexibility index (Phi) is 2.73. The molecule has 1 aliphatic carbocycles. The maximum atomic E-state index is 5.91. The molecule has 0 spiro atoms. The van der Waals surface area contributed by atoms with Crippen LogP contribution in [0.5, 0.6) is 5.75 Å². The van der Waals surface area contributed by atoms with Crippen molar-refractivity contribution in [3.8, 4) is 5.75 Å². The molecule has 1 fully saturated rings. The van der Waals surface area contributed by atoms with Crippen LogP contribution >= 0.6 is 0 Å². The third kappa shape index (κ3) is 1.75. The second-order valence-corrected chi connectivity index (χ2v) is 4.01. The summed E-state index contributed by atoms with van der Waals surface area (Å²) in [5.41, 5.74) is 7.24. The maximum absolute atomic E-state index is 5.91. The predicted octanol–water partition coefficient (Wildman–Crippen LogP) is 2.29. The molecule has 1 aromatic carbocycles. The van der Waals surface area contributed by atoms with Crippen LogP contribution in [-0.4, -0.2) is 13.2 Å². The van der Waals surface area contributed by atoms with Gasteiger partial charge in [0.05, 0.1) is 7.11 Å². The van der Waals surface area contributed by atoms with Crippen molar-refractivity contribution in [1.29, 1.82) is 0 Å². The molecule has 0 amide bonds. The Bertz CT molecular complexity index is 311. The van der Waals surface area contributed by atoms with Gasteiger partial charge in [0.15, 0.2) is 0 Å². The van der Waals surface area contributed by atoms with Crippen molar-refractivity contribution < 1.29 is 4.74 Å². The van der Waals surface area contributed by atoms with Gasteiger partial charge in [-0.05, 0) is 36.8 Å². The molecule has 2 nitrogen and oxygen atoms in total. The summed E-state index contributed by atoms with van der Waals surface area (Å²) in [6.07, 6.45) is 3.44. The second kappa shape index (κ2) is 4.01. The topological polar surface area (TPSA) is 35.2 Å². The average Bonchev–Trinajstić information content (AvgIpc) is 2.65. The van der Waals surface area contributed by atoms with E-state index in [1.165, 1.54) is 12.0 Å². The van der Waals surface area contributed by atoms with Crippen molar-refractivity contribution in [3.05, 3.63) is 29.8 Å². The zero-order chi connectivity index (χ0) is 9.97. The Balaban J connectivity index is 2.22. The van der Waals surface area contributed by atoms with Crippen LogP contribution < -0.4 is 10.5 Å². The summed E-state index contributed by atoms with van der Waals surface area (Å²) in [6, 6.07) is 8.64. The zero-order valence-electron chi connectivity index (χ0n) is 8.57. The molecule has 0 bridgehead atoms. The lowest BCUT2D eigenvalue weighted by Crippen LogP contribution is -2.14. The van der Waals surface area contributed by atoms with Gasteiger partial charge in [0.2, 0.25) is 0 Å². The summed E-state index contributed by atoms with van der Waals surface area (Å²) < 4.78 is 5.35. The minimum Gasteiger partial charge on any atom is -0.496 e. The van der Waals surface area contributed by atoms with Crippen molar-refractivity contribution >= 4 is 0 Å². The molecule has 76 valence electrons. The summed E-state index contributed by atoms with van der Waals surface area (Å²) in [4.78, 5) is 0. The first-order valence-electron chi connectivity index (χ1n) is 5.19. The molecule has 2 rings (SSSR count). The minimum absolute atomic E-state index is 0.380. The molecular formula is C12H17NO. The summed E-state index contributed by atoms with van der Waals surface area (Å²) in [5, 5.41) is 0. The third-order valence-corrected chi connectivity index (χ3v) is 3.05. The summed E-state index contributed by atoms with van der Waals surface area (Å²) >= 11 is 0. The molecule has 0 aromatic heterocycles. The predicted molar refractivity (Wildman–Crippen MR) is 57.6 cm³/mol. The van der Waals surface area contributed by atoms with Gasteiger partial charge < -0.3 is 10.5 Å². The Labute approximate surface area is 85.1 Å². The van der Waals surface area contributed by atoms with Crippen LogP contribution in [0.4, 0.5) is 0 Å². The highest BCUT2D eigenvalue weighted by molar-refractivity contribution is 5.36.